The molecular formula is C16H14BrNO2. The molecule has 3 aromatic rings. The fourth-order valence-electron chi connectivity index (χ4n) is 2.41. The summed E-state index contributed by atoms with van der Waals surface area (Å²) in [5, 5.41) is 2.34. The minimum absolute atomic E-state index is 0.189. The van der Waals surface area contributed by atoms with Gasteiger partial charge in [-0.2, -0.15) is 0 Å². The van der Waals surface area contributed by atoms with E-state index in [0.29, 0.717) is 13.0 Å². The number of hydrogen-bond donors (Lipinski definition) is 1. The van der Waals surface area contributed by atoms with E-state index >= 15 is 0 Å². The Morgan fingerprint density at radius 1 is 1.15 bits per heavy atom. The standard InChI is InChI=1S/C16H14BrNO2/c1-2-20-16(19)8-10-3-5-12-13-9-11(17)4-6-14(13)18-15(12)7-10/h3-7,9,18H,2,8H2,1H3. The molecule has 1 heterocycles. The van der Waals surface area contributed by atoms with E-state index in [1.165, 1.54) is 5.39 Å². The lowest BCUT2D eigenvalue weighted by Crippen LogP contribution is -2.07. The van der Waals surface area contributed by atoms with Gasteiger partial charge in [-0.05, 0) is 36.8 Å². The highest BCUT2D eigenvalue weighted by molar-refractivity contribution is 9.10. The topological polar surface area (TPSA) is 42.1 Å². The van der Waals surface area contributed by atoms with Crippen LogP contribution in [0.2, 0.25) is 0 Å². The Labute approximate surface area is 125 Å². The molecule has 0 radical (unpaired) electrons. The molecule has 102 valence electrons. The van der Waals surface area contributed by atoms with Gasteiger partial charge in [-0.3, -0.25) is 4.79 Å². The minimum atomic E-state index is -0.189. The lowest BCUT2D eigenvalue weighted by molar-refractivity contribution is -0.142. The van der Waals surface area contributed by atoms with Crippen LogP contribution in [-0.2, 0) is 16.0 Å². The molecule has 2 aromatic carbocycles. The average molecular weight is 332 g/mol. The Bertz CT molecular complexity index is 792. The Morgan fingerprint density at radius 2 is 2.00 bits per heavy atom. The normalized spacial score (nSPS) is 11.1. The molecule has 0 unspecified atom stereocenters. The summed E-state index contributed by atoms with van der Waals surface area (Å²) in [7, 11) is 0. The third kappa shape index (κ3) is 2.43. The zero-order chi connectivity index (χ0) is 14.1. The SMILES string of the molecule is CCOC(=O)Cc1ccc2c(c1)[nH]c1ccc(Br)cc12. The molecule has 4 heteroatoms. The van der Waals surface area contributed by atoms with Crippen LogP contribution in [0.3, 0.4) is 0 Å². The lowest BCUT2D eigenvalue weighted by Gasteiger charge is -2.02. The molecule has 0 aliphatic heterocycles. The first-order valence-corrected chi connectivity index (χ1v) is 7.32. The third-order valence-electron chi connectivity index (χ3n) is 3.28. The Balaban J connectivity index is 2.03. The molecule has 0 bridgehead atoms. The quantitative estimate of drug-likeness (QED) is 0.731. The Kier molecular flexibility index (Phi) is 3.49. The second kappa shape index (κ2) is 5.29. The molecule has 0 aliphatic carbocycles. The van der Waals surface area contributed by atoms with Crippen LogP contribution in [0.25, 0.3) is 21.8 Å². The Morgan fingerprint density at radius 3 is 2.80 bits per heavy atom. The van der Waals surface area contributed by atoms with Crippen molar-refractivity contribution in [3.63, 3.8) is 0 Å². The number of nitrogens with one attached hydrogen (secondary N) is 1. The van der Waals surface area contributed by atoms with E-state index in [0.717, 1.165) is 26.5 Å². The van der Waals surface area contributed by atoms with Crippen molar-refractivity contribution in [2.45, 2.75) is 13.3 Å². The van der Waals surface area contributed by atoms with Crippen LogP contribution in [0.5, 0.6) is 0 Å². The summed E-state index contributed by atoms with van der Waals surface area (Å²) in [6.45, 7) is 2.23. The van der Waals surface area contributed by atoms with Crippen molar-refractivity contribution in [1.82, 2.24) is 4.98 Å². The number of rotatable bonds is 3. The van der Waals surface area contributed by atoms with Crippen molar-refractivity contribution in [3.05, 3.63) is 46.4 Å². The molecule has 0 aliphatic rings. The van der Waals surface area contributed by atoms with E-state index in [1.807, 2.05) is 31.2 Å². The smallest absolute Gasteiger partial charge is 0.310 e. The van der Waals surface area contributed by atoms with E-state index in [1.54, 1.807) is 0 Å². The summed E-state index contributed by atoms with van der Waals surface area (Å²) in [6.07, 6.45) is 0.308. The molecule has 0 saturated carbocycles. The fourth-order valence-corrected chi connectivity index (χ4v) is 2.77. The predicted molar refractivity (Wildman–Crippen MR) is 83.8 cm³/mol. The number of carbonyl (C=O) groups is 1. The summed E-state index contributed by atoms with van der Waals surface area (Å²) in [5.74, 6) is -0.189. The maximum Gasteiger partial charge on any atom is 0.310 e. The number of aromatic nitrogens is 1. The zero-order valence-electron chi connectivity index (χ0n) is 11.1. The van der Waals surface area contributed by atoms with Crippen LogP contribution in [0.4, 0.5) is 0 Å². The summed E-state index contributed by atoms with van der Waals surface area (Å²) in [6, 6.07) is 12.2. The predicted octanol–water partition coefficient (Wildman–Crippen LogP) is 4.19. The molecule has 1 N–H and O–H groups in total. The molecular weight excluding hydrogens is 318 g/mol. The molecule has 20 heavy (non-hydrogen) atoms. The molecule has 0 saturated heterocycles. The molecule has 0 spiro atoms. The van der Waals surface area contributed by atoms with E-state index in [-0.39, 0.29) is 5.97 Å². The monoisotopic (exact) mass is 331 g/mol. The van der Waals surface area contributed by atoms with Crippen LogP contribution in [0, 0.1) is 0 Å². The average Bonchev–Trinajstić information content (AvgIpc) is 2.76. The summed E-state index contributed by atoms with van der Waals surface area (Å²) in [5.41, 5.74) is 3.10. The van der Waals surface area contributed by atoms with Crippen LogP contribution in [0.1, 0.15) is 12.5 Å². The van der Waals surface area contributed by atoms with E-state index in [2.05, 4.69) is 33.0 Å². The highest BCUT2D eigenvalue weighted by Crippen LogP contribution is 2.28. The van der Waals surface area contributed by atoms with Crippen LogP contribution < -0.4 is 0 Å². The maximum atomic E-state index is 11.5. The van der Waals surface area contributed by atoms with Gasteiger partial charge in [-0.15, -0.1) is 0 Å². The van der Waals surface area contributed by atoms with Gasteiger partial charge in [0.1, 0.15) is 0 Å². The van der Waals surface area contributed by atoms with Crippen molar-refractivity contribution in [1.29, 1.82) is 0 Å². The van der Waals surface area contributed by atoms with Gasteiger partial charge < -0.3 is 9.72 Å². The molecule has 0 fully saturated rings. The second-order valence-electron chi connectivity index (χ2n) is 4.68. The number of H-pyrrole nitrogens is 1. The van der Waals surface area contributed by atoms with Gasteiger partial charge >= 0.3 is 5.97 Å². The minimum Gasteiger partial charge on any atom is -0.466 e. The van der Waals surface area contributed by atoms with Crippen LogP contribution in [-0.4, -0.2) is 17.6 Å². The zero-order valence-corrected chi connectivity index (χ0v) is 12.7. The molecule has 3 nitrogen and oxygen atoms in total. The van der Waals surface area contributed by atoms with Crippen LogP contribution in [0.15, 0.2) is 40.9 Å². The van der Waals surface area contributed by atoms with Gasteiger partial charge in [0.05, 0.1) is 13.0 Å². The molecule has 0 atom stereocenters. The number of carbonyl (C=O) groups excluding carboxylic acids is 1. The molecule has 1 aromatic heterocycles. The third-order valence-corrected chi connectivity index (χ3v) is 3.77. The van der Waals surface area contributed by atoms with Gasteiger partial charge in [-0.1, -0.05) is 28.1 Å². The van der Waals surface area contributed by atoms with Crippen molar-refractivity contribution < 1.29 is 9.53 Å². The largest absolute Gasteiger partial charge is 0.466 e. The maximum absolute atomic E-state index is 11.5. The first-order valence-electron chi connectivity index (χ1n) is 6.53. The highest BCUT2D eigenvalue weighted by Gasteiger charge is 2.08. The summed E-state index contributed by atoms with van der Waals surface area (Å²) < 4.78 is 6.03. The molecule has 0 amide bonds. The van der Waals surface area contributed by atoms with Gasteiger partial charge in [0.2, 0.25) is 0 Å². The van der Waals surface area contributed by atoms with Crippen molar-refractivity contribution in [2.75, 3.05) is 6.61 Å². The number of esters is 1. The highest BCUT2D eigenvalue weighted by atomic mass is 79.9. The molecule has 3 rings (SSSR count). The van der Waals surface area contributed by atoms with Gasteiger partial charge in [0.25, 0.3) is 0 Å². The Hall–Kier alpha value is -1.81. The van der Waals surface area contributed by atoms with Crippen LogP contribution >= 0.6 is 15.9 Å². The first kappa shape index (κ1) is 13.2. The number of halogens is 1. The fraction of sp³-hybridized carbons (Fsp3) is 0.188. The summed E-state index contributed by atoms with van der Waals surface area (Å²) >= 11 is 3.49. The summed E-state index contributed by atoms with van der Waals surface area (Å²) in [4.78, 5) is 14.9. The van der Waals surface area contributed by atoms with Gasteiger partial charge in [-0.25, -0.2) is 0 Å². The number of fused-ring (bicyclic) bond motifs is 3. The van der Waals surface area contributed by atoms with Crippen molar-refractivity contribution in [2.24, 2.45) is 0 Å². The first-order chi connectivity index (χ1) is 9.67. The van der Waals surface area contributed by atoms with Gasteiger partial charge in [0.15, 0.2) is 0 Å². The van der Waals surface area contributed by atoms with E-state index < -0.39 is 0 Å². The van der Waals surface area contributed by atoms with E-state index in [9.17, 15) is 4.79 Å². The van der Waals surface area contributed by atoms with Gasteiger partial charge in [0, 0.05) is 26.3 Å². The number of aromatic amines is 1. The van der Waals surface area contributed by atoms with Crippen molar-refractivity contribution >= 4 is 43.7 Å². The second-order valence-corrected chi connectivity index (χ2v) is 5.59. The number of ether oxygens (including phenoxy) is 1. The lowest BCUT2D eigenvalue weighted by atomic mass is 10.1. The van der Waals surface area contributed by atoms with Crippen molar-refractivity contribution in [3.8, 4) is 0 Å². The number of benzene rings is 2. The van der Waals surface area contributed by atoms with E-state index in [4.69, 9.17) is 4.74 Å². The number of hydrogen-bond acceptors (Lipinski definition) is 2.